The van der Waals surface area contributed by atoms with Crippen LogP contribution in [0.2, 0.25) is 0 Å². The normalized spacial score (nSPS) is 10.4. The molecule has 0 atom stereocenters. The second-order valence-electron chi connectivity index (χ2n) is 2.73. The van der Waals surface area contributed by atoms with Gasteiger partial charge in [0, 0.05) is 12.6 Å². The highest BCUT2D eigenvalue weighted by Crippen LogP contribution is 2.11. The van der Waals surface area contributed by atoms with Gasteiger partial charge in [0.2, 0.25) is 0 Å². The first-order chi connectivity index (χ1) is 6.81. The Hall–Kier alpha value is -1.98. The largest absolute Gasteiger partial charge is 0.313 e. The second kappa shape index (κ2) is 3.41. The van der Waals surface area contributed by atoms with E-state index in [1.54, 1.807) is 10.9 Å². The molecule has 0 saturated carbocycles. The van der Waals surface area contributed by atoms with Gasteiger partial charge in [0.15, 0.2) is 0 Å². The summed E-state index contributed by atoms with van der Waals surface area (Å²) in [5.74, 6) is 0. The van der Waals surface area contributed by atoms with Crippen molar-refractivity contribution in [2.45, 2.75) is 13.5 Å². The van der Waals surface area contributed by atoms with Crippen molar-refractivity contribution in [3.05, 3.63) is 28.9 Å². The third kappa shape index (κ3) is 1.41. The molecule has 2 rings (SSSR count). The summed E-state index contributed by atoms with van der Waals surface area (Å²) in [6, 6.07) is 1.42. The predicted molar refractivity (Wildman–Crippen MR) is 49.5 cm³/mol. The van der Waals surface area contributed by atoms with E-state index in [4.69, 9.17) is 0 Å². The number of rotatable bonds is 2. The van der Waals surface area contributed by atoms with Crippen LogP contribution in [0, 0.1) is 0 Å². The van der Waals surface area contributed by atoms with Crippen molar-refractivity contribution >= 4 is 0 Å². The van der Waals surface area contributed by atoms with Crippen LogP contribution >= 0.6 is 0 Å². The minimum absolute atomic E-state index is 0.182. The van der Waals surface area contributed by atoms with Gasteiger partial charge in [-0.3, -0.25) is 4.79 Å². The molecule has 0 amide bonds. The van der Waals surface area contributed by atoms with Crippen molar-refractivity contribution in [3.63, 3.8) is 0 Å². The van der Waals surface area contributed by atoms with Gasteiger partial charge in [0.25, 0.3) is 5.56 Å². The van der Waals surface area contributed by atoms with Crippen LogP contribution < -0.4 is 5.56 Å². The highest BCUT2D eigenvalue weighted by atomic mass is 16.1. The van der Waals surface area contributed by atoms with Crippen molar-refractivity contribution in [3.8, 4) is 11.4 Å². The average molecular weight is 191 g/mol. The third-order valence-electron chi connectivity index (χ3n) is 1.86. The summed E-state index contributed by atoms with van der Waals surface area (Å²) in [4.78, 5) is 17.5. The molecule has 0 aliphatic carbocycles. The molecule has 0 unspecified atom stereocenters. The van der Waals surface area contributed by atoms with Gasteiger partial charge in [-0.1, -0.05) is 5.21 Å². The lowest BCUT2D eigenvalue weighted by Crippen LogP contribution is -2.07. The van der Waals surface area contributed by atoms with Crippen LogP contribution in [0.4, 0.5) is 0 Å². The highest BCUT2D eigenvalue weighted by molar-refractivity contribution is 5.51. The first kappa shape index (κ1) is 8.61. The molecule has 1 N–H and O–H groups in total. The van der Waals surface area contributed by atoms with E-state index in [9.17, 15) is 4.79 Å². The number of H-pyrrole nitrogens is 1. The van der Waals surface area contributed by atoms with Gasteiger partial charge in [0.1, 0.15) is 5.69 Å². The Morgan fingerprint density at radius 1 is 1.57 bits per heavy atom. The summed E-state index contributed by atoms with van der Waals surface area (Å²) < 4.78 is 1.68. The molecule has 0 aliphatic heterocycles. The quantitative estimate of drug-likeness (QED) is 0.727. The molecular formula is C8H9N5O. The van der Waals surface area contributed by atoms with E-state index in [2.05, 4.69) is 20.3 Å². The SMILES string of the molecule is CCn1nncc1-c1cc(=O)[nH]cn1. The highest BCUT2D eigenvalue weighted by Gasteiger charge is 2.06. The third-order valence-corrected chi connectivity index (χ3v) is 1.86. The molecule has 2 aromatic rings. The zero-order valence-electron chi connectivity index (χ0n) is 7.64. The van der Waals surface area contributed by atoms with Crippen LogP contribution in [0.15, 0.2) is 23.4 Å². The van der Waals surface area contributed by atoms with Crippen molar-refractivity contribution in [2.24, 2.45) is 0 Å². The molecule has 0 aliphatic rings. The lowest BCUT2D eigenvalue weighted by atomic mass is 10.3. The number of nitrogens with zero attached hydrogens (tertiary/aromatic N) is 4. The van der Waals surface area contributed by atoms with Gasteiger partial charge >= 0.3 is 0 Å². The number of hydrogen-bond donors (Lipinski definition) is 1. The fourth-order valence-electron chi connectivity index (χ4n) is 1.20. The molecule has 6 nitrogen and oxygen atoms in total. The molecule has 0 radical (unpaired) electrons. The second-order valence-corrected chi connectivity index (χ2v) is 2.73. The smallest absolute Gasteiger partial charge is 0.251 e. The maximum Gasteiger partial charge on any atom is 0.251 e. The van der Waals surface area contributed by atoms with Gasteiger partial charge in [-0.15, -0.1) is 5.10 Å². The van der Waals surface area contributed by atoms with E-state index < -0.39 is 0 Å². The minimum Gasteiger partial charge on any atom is -0.313 e. The summed E-state index contributed by atoms with van der Waals surface area (Å²) in [5.41, 5.74) is 1.15. The van der Waals surface area contributed by atoms with Crippen LogP contribution in [0.25, 0.3) is 11.4 Å². The Balaban J connectivity index is 2.54. The van der Waals surface area contributed by atoms with Crippen LogP contribution in [0.5, 0.6) is 0 Å². The number of nitrogens with one attached hydrogen (secondary N) is 1. The molecule has 14 heavy (non-hydrogen) atoms. The lowest BCUT2D eigenvalue weighted by Gasteiger charge is -2.00. The van der Waals surface area contributed by atoms with E-state index >= 15 is 0 Å². The van der Waals surface area contributed by atoms with Crippen molar-refractivity contribution in [1.29, 1.82) is 0 Å². The van der Waals surface area contributed by atoms with Crippen molar-refractivity contribution in [2.75, 3.05) is 0 Å². The Labute approximate surface area is 79.6 Å². The van der Waals surface area contributed by atoms with Crippen molar-refractivity contribution in [1.82, 2.24) is 25.0 Å². The molecule has 2 aromatic heterocycles. The summed E-state index contributed by atoms with van der Waals surface area (Å²) in [7, 11) is 0. The average Bonchev–Trinajstić information content (AvgIpc) is 2.65. The molecule has 0 fully saturated rings. The minimum atomic E-state index is -0.182. The van der Waals surface area contributed by atoms with E-state index in [-0.39, 0.29) is 5.56 Å². The Morgan fingerprint density at radius 3 is 3.14 bits per heavy atom. The molecule has 0 aromatic carbocycles. The first-order valence-corrected chi connectivity index (χ1v) is 4.25. The summed E-state index contributed by atoms with van der Waals surface area (Å²) in [5, 5.41) is 7.61. The maximum absolute atomic E-state index is 11.0. The molecule has 0 bridgehead atoms. The van der Waals surface area contributed by atoms with Gasteiger partial charge in [-0.05, 0) is 6.92 Å². The fraction of sp³-hybridized carbons (Fsp3) is 0.250. The van der Waals surface area contributed by atoms with E-state index in [1.165, 1.54) is 12.4 Å². The van der Waals surface area contributed by atoms with Crippen LogP contribution in [-0.2, 0) is 6.54 Å². The molecule has 6 heteroatoms. The molecule has 0 spiro atoms. The first-order valence-electron chi connectivity index (χ1n) is 4.25. The van der Waals surface area contributed by atoms with Crippen molar-refractivity contribution < 1.29 is 0 Å². The van der Waals surface area contributed by atoms with Gasteiger partial charge in [0.05, 0.1) is 18.2 Å². The number of aromatic nitrogens is 5. The summed E-state index contributed by atoms with van der Waals surface area (Å²) in [6.45, 7) is 2.65. The Kier molecular flexibility index (Phi) is 2.10. The summed E-state index contributed by atoms with van der Waals surface area (Å²) in [6.07, 6.45) is 2.95. The predicted octanol–water partition coefficient (Wildman–Crippen LogP) is 0.0483. The molecular weight excluding hydrogens is 182 g/mol. The topological polar surface area (TPSA) is 76.5 Å². The van der Waals surface area contributed by atoms with E-state index in [0.717, 1.165) is 5.69 Å². The van der Waals surface area contributed by atoms with Gasteiger partial charge < -0.3 is 4.98 Å². The number of hydrogen-bond acceptors (Lipinski definition) is 4. The fourth-order valence-corrected chi connectivity index (χ4v) is 1.20. The van der Waals surface area contributed by atoms with Crippen LogP contribution in [-0.4, -0.2) is 25.0 Å². The zero-order chi connectivity index (χ0) is 9.97. The molecule has 2 heterocycles. The number of aryl methyl sites for hydroxylation is 1. The molecule has 0 saturated heterocycles. The molecule has 72 valence electrons. The lowest BCUT2D eigenvalue weighted by molar-refractivity contribution is 0.631. The summed E-state index contributed by atoms with van der Waals surface area (Å²) >= 11 is 0. The number of aromatic amines is 1. The van der Waals surface area contributed by atoms with E-state index in [0.29, 0.717) is 12.2 Å². The van der Waals surface area contributed by atoms with Crippen LogP contribution in [0.1, 0.15) is 6.92 Å². The van der Waals surface area contributed by atoms with Gasteiger partial charge in [-0.2, -0.15) is 0 Å². The Bertz CT molecular complexity index is 486. The van der Waals surface area contributed by atoms with Gasteiger partial charge in [-0.25, -0.2) is 9.67 Å². The Morgan fingerprint density at radius 2 is 2.43 bits per heavy atom. The maximum atomic E-state index is 11.0. The monoisotopic (exact) mass is 191 g/mol. The zero-order valence-corrected chi connectivity index (χ0v) is 7.64. The standard InChI is InChI=1S/C8H9N5O/c1-2-13-7(4-11-12-13)6-3-8(14)10-5-9-6/h3-5H,2H2,1H3,(H,9,10,14). The van der Waals surface area contributed by atoms with Crippen LogP contribution in [0.3, 0.4) is 0 Å². The van der Waals surface area contributed by atoms with E-state index in [1.807, 2.05) is 6.92 Å².